The fourth-order valence-corrected chi connectivity index (χ4v) is 3.36. The molecule has 0 heterocycles. The van der Waals surface area contributed by atoms with Crippen molar-refractivity contribution in [3.63, 3.8) is 0 Å². The molecule has 0 unspecified atom stereocenters. The summed E-state index contributed by atoms with van der Waals surface area (Å²) in [5, 5.41) is 3.01. The number of carbonyl (C=O) groups is 2. The molecule has 1 atom stereocenters. The number of carbonyl (C=O) groups excluding carboxylic acids is 2. The Balaban J connectivity index is 2.09. The normalized spacial score (nSPS) is 11.9. The van der Waals surface area contributed by atoms with Gasteiger partial charge in [0.05, 0.1) is 0 Å². The maximum absolute atomic E-state index is 13.1. The molecular weight excluding hydrogens is 360 g/mol. The number of rotatable bonds is 11. The average molecular weight is 395 g/mol. The van der Waals surface area contributed by atoms with Crippen molar-refractivity contribution in [1.29, 1.82) is 0 Å². The quantitative estimate of drug-likeness (QED) is 0.620. The van der Waals surface area contributed by atoms with Gasteiger partial charge in [0.2, 0.25) is 11.8 Å². The number of hydrogen-bond donors (Lipinski definition) is 1. The predicted molar refractivity (Wildman–Crippen MR) is 119 cm³/mol. The highest BCUT2D eigenvalue weighted by Gasteiger charge is 2.27. The van der Waals surface area contributed by atoms with Crippen LogP contribution in [0.3, 0.4) is 0 Å². The van der Waals surface area contributed by atoms with Gasteiger partial charge in [-0.05, 0) is 36.3 Å². The van der Waals surface area contributed by atoms with Crippen molar-refractivity contribution in [2.75, 3.05) is 13.1 Å². The van der Waals surface area contributed by atoms with Crippen LogP contribution in [0.15, 0.2) is 60.7 Å². The Morgan fingerprint density at radius 2 is 1.45 bits per heavy atom. The van der Waals surface area contributed by atoms with Crippen LogP contribution in [0.4, 0.5) is 0 Å². The summed E-state index contributed by atoms with van der Waals surface area (Å²) in [6.45, 7) is 7.28. The van der Waals surface area contributed by atoms with E-state index >= 15 is 0 Å². The van der Waals surface area contributed by atoms with E-state index in [0.29, 0.717) is 38.3 Å². The Kier molecular flexibility index (Phi) is 9.42. The molecule has 156 valence electrons. The second kappa shape index (κ2) is 12.1. The minimum atomic E-state index is -0.430. The zero-order valence-electron chi connectivity index (χ0n) is 17.9. The van der Waals surface area contributed by atoms with E-state index in [9.17, 15) is 9.59 Å². The van der Waals surface area contributed by atoms with Crippen LogP contribution in [0.5, 0.6) is 0 Å². The van der Waals surface area contributed by atoms with Crippen molar-refractivity contribution in [3.05, 3.63) is 71.8 Å². The monoisotopic (exact) mass is 394 g/mol. The molecule has 1 N–H and O–H groups in total. The van der Waals surface area contributed by atoms with Gasteiger partial charge in [0, 0.05) is 19.5 Å². The number of nitrogens with zero attached hydrogens (tertiary/aromatic N) is 1. The highest BCUT2D eigenvalue weighted by molar-refractivity contribution is 5.87. The van der Waals surface area contributed by atoms with Gasteiger partial charge in [0.15, 0.2) is 0 Å². The summed E-state index contributed by atoms with van der Waals surface area (Å²) in [4.78, 5) is 27.7. The first-order valence-corrected chi connectivity index (χ1v) is 10.7. The van der Waals surface area contributed by atoms with E-state index in [1.54, 1.807) is 4.90 Å². The third-order valence-electron chi connectivity index (χ3n) is 5.03. The van der Waals surface area contributed by atoms with Gasteiger partial charge < -0.3 is 10.2 Å². The van der Waals surface area contributed by atoms with E-state index in [1.165, 1.54) is 5.56 Å². The lowest BCUT2D eigenvalue weighted by Crippen LogP contribution is -2.50. The van der Waals surface area contributed by atoms with Gasteiger partial charge in [0.25, 0.3) is 0 Å². The van der Waals surface area contributed by atoms with Crippen LogP contribution in [0, 0.1) is 5.92 Å². The summed E-state index contributed by atoms with van der Waals surface area (Å²) in [5.74, 6) is 0.363. The van der Waals surface area contributed by atoms with Gasteiger partial charge in [-0.15, -0.1) is 0 Å². The zero-order valence-corrected chi connectivity index (χ0v) is 17.9. The summed E-state index contributed by atoms with van der Waals surface area (Å²) in [6.07, 6.45) is 2.44. The zero-order chi connectivity index (χ0) is 21.1. The Morgan fingerprint density at radius 3 is 1.97 bits per heavy atom. The Labute approximate surface area is 175 Å². The molecule has 4 nitrogen and oxygen atoms in total. The lowest BCUT2D eigenvalue weighted by atomic mass is 10.1. The first kappa shape index (κ1) is 22.7. The van der Waals surface area contributed by atoms with E-state index in [1.807, 2.05) is 55.5 Å². The molecule has 0 aliphatic heterocycles. The van der Waals surface area contributed by atoms with Crippen LogP contribution in [0.1, 0.15) is 44.7 Å². The van der Waals surface area contributed by atoms with E-state index in [0.717, 1.165) is 12.0 Å². The standard InChI is InChI=1S/C25H34N2O2/c1-4-23(25(29)26-19-20(2)3)27(18-17-22-13-9-6-10-14-22)24(28)16-15-21-11-7-5-8-12-21/h5-14,20,23H,4,15-19H2,1-3H3,(H,26,29)/t23-/m0/s1. The van der Waals surface area contributed by atoms with Crippen LogP contribution in [0.25, 0.3) is 0 Å². The van der Waals surface area contributed by atoms with Crippen molar-refractivity contribution >= 4 is 11.8 Å². The molecule has 2 amide bonds. The van der Waals surface area contributed by atoms with Crippen LogP contribution in [-0.2, 0) is 22.4 Å². The molecule has 0 radical (unpaired) electrons. The summed E-state index contributed by atoms with van der Waals surface area (Å²) in [7, 11) is 0. The smallest absolute Gasteiger partial charge is 0.242 e. The molecule has 2 aromatic carbocycles. The van der Waals surface area contributed by atoms with Crippen molar-refractivity contribution in [1.82, 2.24) is 10.2 Å². The number of benzene rings is 2. The van der Waals surface area contributed by atoms with Gasteiger partial charge in [-0.25, -0.2) is 0 Å². The van der Waals surface area contributed by atoms with E-state index in [2.05, 4.69) is 31.3 Å². The Morgan fingerprint density at radius 1 is 0.897 bits per heavy atom. The van der Waals surface area contributed by atoms with Crippen molar-refractivity contribution in [3.8, 4) is 0 Å². The fraction of sp³-hybridized carbons (Fsp3) is 0.440. The first-order chi connectivity index (χ1) is 14.0. The minimum Gasteiger partial charge on any atom is -0.354 e. The lowest BCUT2D eigenvalue weighted by molar-refractivity contribution is -0.140. The number of hydrogen-bond acceptors (Lipinski definition) is 2. The van der Waals surface area contributed by atoms with Gasteiger partial charge in [-0.2, -0.15) is 0 Å². The molecule has 0 aliphatic carbocycles. The largest absolute Gasteiger partial charge is 0.354 e. The fourth-order valence-electron chi connectivity index (χ4n) is 3.36. The average Bonchev–Trinajstić information content (AvgIpc) is 2.74. The minimum absolute atomic E-state index is 0.0383. The number of nitrogens with one attached hydrogen (secondary N) is 1. The highest BCUT2D eigenvalue weighted by atomic mass is 16.2. The van der Waals surface area contributed by atoms with E-state index in [4.69, 9.17) is 0 Å². The third kappa shape index (κ3) is 7.72. The Hall–Kier alpha value is -2.62. The van der Waals surface area contributed by atoms with Crippen LogP contribution < -0.4 is 5.32 Å². The van der Waals surface area contributed by atoms with Crippen molar-refractivity contribution in [2.24, 2.45) is 5.92 Å². The molecular formula is C25H34N2O2. The van der Waals surface area contributed by atoms with Gasteiger partial charge in [-0.1, -0.05) is 81.4 Å². The summed E-state index contributed by atoms with van der Waals surface area (Å²) in [5.41, 5.74) is 2.31. The molecule has 2 rings (SSSR count). The molecule has 0 saturated carbocycles. The maximum atomic E-state index is 13.1. The molecule has 0 saturated heterocycles. The maximum Gasteiger partial charge on any atom is 0.242 e. The highest BCUT2D eigenvalue weighted by Crippen LogP contribution is 2.13. The van der Waals surface area contributed by atoms with Crippen molar-refractivity contribution in [2.45, 2.75) is 52.5 Å². The molecule has 0 aliphatic rings. The predicted octanol–water partition coefficient (Wildman–Crippen LogP) is 4.24. The molecule has 0 spiro atoms. The first-order valence-electron chi connectivity index (χ1n) is 10.7. The number of aryl methyl sites for hydroxylation is 1. The van der Waals surface area contributed by atoms with E-state index < -0.39 is 6.04 Å². The Bertz CT molecular complexity index is 744. The molecule has 0 fully saturated rings. The topological polar surface area (TPSA) is 49.4 Å². The van der Waals surface area contributed by atoms with Gasteiger partial charge in [-0.3, -0.25) is 9.59 Å². The van der Waals surface area contributed by atoms with Crippen LogP contribution >= 0.6 is 0 Å². The van der Waals surface area contributed by atoms with E-state index in [-0.39, 0.29) is 11.8 Å². The summed E-state index contributed by atoms with van der Waals surface area (Å²) >= 11 is 0. The lowest BCUT2D eigenvalue weighted by Gasteiger charge is -2.31. The van der Waals surface area contributed by atoms with Crippen LogP contribution in [-0.4, -0.2) is 35.8 Å². The summed E-state index contributed by atoms with van der Waals surface area (Å²) in [6, 6.07) is 19.7. The molecule has 2 aromatic rings. The van der Waals surface area contributed by atoms with Gasteiger partial charge >= 0.3 is 0 Å². The third-order valence-corrected chi connectivity index (χ3v) is 5.03. The molecule has 0 aromatic heterocycles. The second-order valence-electron chi connectivity index (χ2n) is 7.87. The van der Waals surface area contributed by atoms with Gasteiger partial charge in [0.1, 0.15) is 6.04 Å². The van der Waals surface area contributed by atoms with Crippen molar-refractivity contribution < 1.29 is 9.59 Å². The molecule has 29 heavy (non-hydrogen) atoms. The van der Waals surface area contributed by atoms with Crippen LogP contribution in [0.2, 0.25) is 0 Å². The SMILES string of the molecule is CC[C@@H](C(=O)NCC(C)C)N(CCc1ccccc1)C(=O)CCc1ccccc1. The molecule has 4 heteroatoms. The summed E-state index contributed by atoms with van der Waals surface area (Å²) < 4.78 is 0. The molecule has 0 bridgehead atoms. The number of amides is 2. The second-order valence-corrected chi connectivity index (χ2v) is 7.87.